The van der Waals surface area contributed by atoms with Crippen molar-refractivity contribution in [3.8, 4) is 0 Å². The predicted octanol–water partition coefficient (Wildman–Crippen LogP) is 2.04. The second kappa shape index (κ2) is 7.63. The molecule has 1 saturated carbocycles. The fraction of sp³-hybridized carbons (Fsp3) is 0.556. The lowest BCUT2D eigenvalue weighted by Gasteiger charge is -2.23. The quantitative estimate of drug-likeness (QED) is 0.631. The van der Waals surface area contributed by atoms with Gasteiger partial charge in [-0.15, -0.1) is 0 Å². The Balaban J connectivity index is 1.45. The Labute approximate surface area is 146 Å². The molecule has 1 aromatic carbocycles. The number of nitrogens with one attached hydrogen (secondary N) is 1. The van der Waals surface area contributed by atoms with Gasteiger partial charge in [0.05, 0.1) is 10.8 Å². The minimum absolute atomic E-state index is 0.0595. The summed E-state index contributed by atoms with van der Waals surface area (Å²) < 4.78 is 0. The third kappa shape index (κ3) is 4.15. The molecule has 7 heteroatoms. The number of nitrogens with zero attached hydrogens (tertiary/aromatic N) is 2. The van der Waals surface area contributed by atoms with Gasteiger partial charge in [0.1, 0.15) is 0 Å². The van der Waals surface area contributed by atoms with Crippen molar-refractivity contribution in [2.75, 3.05) is 13.1 Å². The van der Waals surface area contributed by atoms with Gasteiger partial charge < -0.3 is 10.2 Å². The number of amides is 2. The van der Waals surface area contributed by atoms with Gasteiger partial charge in [0.25, 0.3) is 5.69 Å². The molecule has 2 aliphatic rings. The number of rotatable bonds is 6. The van der Waals surface area contributed by atoms with Crippen LogP contribution >= 0.6 is 0 Å². The second-order valence-corrected chi connectivity index (χ2v) is 6.85. The van der Waals surface area contributed by atoms with Gasteiger partial charge >= 0.3 is 0 Å². The van der Waals surface area contributed by atoms with Crippen LogP contribution in [0.3, 0.4) is 0 Å². The monoisotopic (exact) mass is 345 g/mol. The first-order valence-electron chi connectivity index (χ1n) is 8.85. The van der Waals surface area contributed by atoms with Crippen LogP contribution in [0.5, 0.6) is 0 Å². The van der Waals surface area contributed by atoms with E-state index < -0.39 is 4.92 Å². The van der Waals surface area contributed by atoms with E-state index in [9.17, 15) is 19.7 Å². The van der Waals surface area contributed by atoms with Crippen molar-refractivity contribution < 1.29 is 14.5 Å². The van der Waals surface area contributed by atoms with Crippen molar-refractivity contribution in [3.05, 3.63) is 39.9 Å². The Hall–Kier alpha value is -2.44. The van der Waals surface area contributed by atoms with E-state index in [4.69, 9.17) is 0 Å². The van der Waals surface area contributed by atoms with Gasteiger partial charge in [-0.2, -0.15) is 0 Å². The molecule has 0 aromatic heterocycles. The Morgan fingerprint density at radius 3 is 2.56 bits per heavy atom. The maximum Gasteiger partial charge on any atom is 0.269 e. The lowest BCUT2D eigenvalue weighted by atomic mass is 10.1. The molecule has 0 unspecified atom stereocenters. The molecule has 25 heavy (non-hydrogen) atoms. The first-order chi connectivity index (χ1) is 12.0. The highest BCUT2D eigenvalue weighted by molar-refractivity contribution is 5.89. The molecule has 1 saturated heterocycles. The van der Waals surface area contributed by atoms with E-state index in [0.717, 1.165) is 18.4 Å². The van der Waals surface area contributed by atoms with E-state index in [1.165, 1.54) is 25.0 Å². The smallest absolute Gasteiger partial charge is 0.269 e. The second-order valence-electron chi connectivity index (χ2n) is 6.85. The van der Waals surface area contributed by atoms with Crippen LogP contribution in [0.25, 0.3) is 0 Å². The highest BCUT2D eigenvalue weighted by atomic mass is 16.6. The van der Waals surface area contributed by atoms with E-state index >= 15 is 0 Å². The number of hydrogen-bond acceptors (Lipinski definition) is 4. The van der Waals surface area contributed by atoms with E-state index in [0.29, 0.717) is 32.0 Å². The fourth-order valence-electron chi connectivity index (χ4n) is 3.73. The molecule has 134 valence electrons. The van der Waals surface area contributed by atoms with Crippen molar-refractivity contribution in [3.63, 3.8) is 0 Å². The van der Waals surface area contributed by atoms with Gasteiger partial charge in [-0.3, -0.25) is 19.7 Å². The summed E-state index contributed by atoms with van der Waals surface area (Å²) in [5.74, 6) is -0.233. The lowest BCUT2D eigenvalue weighted by Crippen LogP contribution is -2.37. The minimum Gasteiger partial charge on any atom is -0.355 e. The zero-order valence-electron chi connectivity index (χ0n) is 14.1. The summed E-state index contributed by atoms with van der Waals surface area (Å²) in [7, 11) is 0. The first-order valence-corrected chi connectivity index (χ1v) is 8.85. The number of benzene rings is 1. The maximum absolute atomic E-state index is 12.3. The number of carbonyl (C=O) groups is 2. The Bertz CT molecular complexity index is 653. The summed E-state index contributed by atoms with van der Waals surface area (Å²) in [6.45, 7) is 0.998. The van der Waals surface area contributed by atoms with Crippen molar-refractivity contribution in [1.29, 1.82) is 0 Å². The molecule has 3 rings (SSSR count). The zero-order valence-corrected chi connectivity index (χ0v) is 14.1. The highest BCUT2D eigenvalue weighted by Gasteiger charge is 2.38. The number of likely N-dealkylation sites (tertiary alicyclic amines) is 1. The van der Waals surface area contributed by atoms with Crippen LogP contribution in [0, 0.1) is 16.0 Å². The lowest BCUT2D eigenvalue weighted by molar-refractivity contribution is -0.384. The van der Waals surface area contributed by atoms with Gasteiger partial charge in [0, 0.05) is 37.7 Å². The van der Waals surface area contributed by atoms with Gasteiger partial charge in [-0.05, 0) is 24.8 Å². The average molecular weight is 345 g/mol. The Morgan fingerprint density at radius 2 is 1.92 bits per heavy atom. The van der Waals surface area contributed by atoms with Crippen LogP contribution in [0.15, 0.2) is 24.3 Å². The third-order valence-corrected chi connectivity index (χ3v) is 5.15. The Kier molecular flexibility index (Phi) is 5.31. The largest absolute Gasteiger partial charge is 0.355 e. The number of hydrogen-bond donors (Lipinski definition) is 1. The summed E-state index contributed by atoms with van der Waals surface area (Å²) in [6, 6.07) is 6.65. The molecule has 1 N–H and O–H groups in total. The van der Waals surface area contributed by atoms with Gasteiger partial charge in [-0.25, -0.2) is 0 Å². The molecule has 0 spiro atoms. The number of nitro benzene ring substituents is 1. The highest BCUT2D eigenvalue weighted by Crippen LogP contribution is 2.29. The SMILES string of the molecule is O=C(NCCc1ccc([N+](=O)[O-])cc1)[C@@H]1CC(=O)N(C2CCCC2)C1. The molecular formula is C18H23N3O4. The molecule has 7 nitrogen and oxygen atoms in total. The van der Waals surface area contributed by atoms with Crippen LogP contribution in [-0.2, 0) is 16.0 Å². The predicted molar refractivity (Wildman–Crippen MR) is 91.9 cm³/mol. The molecule has 1 aliphatic heterocycles. The molecule has 1 aliphatic carbocycles. The normalized spacial score (nSPS) is 20.9. The summed E-state index contributed by atoms with van der Waals surface area (Å²) in [6.07, 6.45) is 5.36. The summed E-state index contributed by atoms with van der Waals surface area (Å²) in [4.78, 5) is 36.5. The van der Waals surface area contributed by atoms with Crippen LogP contribution in [0.2, 0.25) is 0 Å². The van der Waals surface area contributed by atoms with E-state index in [2.05, 4.69) is 5.32 Å². The first kappa shape index (κ1) is 17.4. The summed E-state index contributed by atoms with van der Waals surface area (Å²) >= 11 is 0. The van der Waals surface area contributed by atoms with E-state index in [-0.39, 0.29) is 23.4 Å². The molecule has 2 amide bonds. The van der Waals surface area contributed by atoms with Crippen LogP contribution in [0.4, 0.5) is 5.69 Å². The van der Waals surface area contributed by atoms with E-state index in [1.807, 2.05) is 4.90 Å². The number of carbonyl (C=O) groups excluding carboxylic acids is 2. The molecule has 1 atom stereocenters. The fourth-order valence-corrected chi connectivity index (χ4v) is 3.73. The minimum atomic E-state index is -0.432. The van der Waals surface area contributed by atoms with Gasteiger partial charge in [0.2, 0.25) is 11.8 Å². The van der Waals surface area contributed by atoms with Crippen LogP contribution < -0.4 is 5.32 Å². The van der Waals surface area contributed by atoms with Crippen molar-refractivity contribution in [1.82, 2.24) is 10.2 Å². The van der Waals surface area contributed by atoms with Crippen molar-refractivity contribution in [2.45, 2.75) is 44.6 Å². The van der Waals surface area contributed by atoms with E-state index in [1.54, 1.807) is 12.1 Å². The van der Waals surface area contributed by atoms with Gasteiger partial charge in [0.15, 0.2) is 0 Å². The standard InChI is InChI=1S/C18H23N3O4/c22-17-11-14(12-20(17)15-3-1-2-4-15)18(23)19-10-9-13-5-7-16(8-6-13)21(24)25/h5-8,14-15H,1-4,9-12H2,(H,19,23)/t14-/m1/s1. The maximum atomic E-state index is 12.3. The zero-order chi connectivity index (χ0) is 17.8. The molecule has 1 heterocycles. The summed E-state index contributed by atoms with van der Waals surface area (Å²) in [5.41, 5.74) is 0.991. The Morgan fingerprint density at radius 1 is 1.24 bits per heavy atom. The molecular weight excluding hydrogens is 322 g/mol. The van der Waals surface area contributed by atoms with Crippen molar-refractivity contribution >= 4 is 17.5 Å². The van der Waals surface area contributed by atoms with Crippen LogP contribution in [0.1, 0.15) is 37.7 Å². The molecule has 0 bridgehead atoms. The molecule has 1 aromatic rings. The number of nitro groups is 1. The third-order valence-electron chi connectivity index (χ3n) is 5.15. The van der Waals surface area contributed by atoms with Crippen molar-refractivity contribution in [2.24, 2.45) is 5.92 Å². The molecule has 0 radical (unpaired) electrons. The number of non-ortho nitro benzene ring substituents is 1. The van der Waals surface area contributed by atoms with Gasteiger partial charge in [-0.1, -0.05) is 25.0 Å². The topological polar surface area (TPSA) is 92.5 Å². The molecule has 2 fully saturated rings. The summed E-state index contributed by atoms with van der Waals surface area (Å²) in [5, 5.41) is 13.5. The average Bonchev–Trinajstić information content (AvgIpc) is 3.24. The van der Waals surface area contributed by atoms with Crippen LogP contribution in [-0.4, -0.2) is 40.8 Å².